The summed E-state index contributed by atoms with van der Waals surface area (Å²) in [4.78, 5) is 18.9. The van der Waals surface area contributed by atoms with Crippen LogP contribution in [-0.4, -0.2) is 56.8 Å². The van der Waals surface area contributed by atoms with E-state index in [1.807, 2.05) is 37.6 Å². The number of halogens is 1. The number of aliphatic imine (C=N–C) groups is 1. The third-order valence-electron chi connectivity index (χ3n) is 4.20. The fraction of sp³-hybridized carbons (Fsp3) is 0.529. The first-order valence-corrected chi connectivity index (χ1v) is 8.94. The summed E-state index contributed by atoms with van der Waals surface area (Å²) >= 11 is 1.68. The molecule has 0 aliphatic heterocycles. The van der Waals surface area contributed by atoms with Crippen LogP contribution < -0.4 is 5.32 Å². The molecule has 126 valence electrons. The highest BCUT2D eigenvalue weighted by molar-refractivity contribution is 7.98. The monoisotopic (exact) mass is 337 g/mol. The Balaban J connectivity index is 2.00. The first kappa shape index (κ1) is 17.9. The van der Waals surface area contributed by atoms with Crippen LogP contribution in [0.4, 0.5) is 9.18 Å². The molecule has 1 aliphatic carbocycles. The predicted octanol–water partition coefficient (Wildman–Crippen LogP) is 3.02. The summed E-state index contributed by atoms with van der Waals surface area (Å²) in [6.07, 6.45) is 3.20. The summed E-state index contributed by atoms with van der Waals surface area (Å²) in [7, 11) is 3.55. The number of urea groups is 1. The smallest absolute Gasteiger partial charge is 0.325 e. The number of nitrogens with one attached hydrogen (secondary N) is 1. The van der Waals surface area contributed by atoms with Gasteiger partial charge in [-0.2, -0.15) is 0 Å². The molecular weight excluding hydrogens is 313 g/mol. The fourth-order valence-corrected chi connectivity index (χ4v) is 2.89. The number of carbonyl (C=O) groups is 1. The van der Waals surface area contributed by atoms with Gasteiger partial charge in [0, 0.05) is 42.6 Å². The van der Waals surface area contributed by atoms with Gasteiger partial charge >= 0.3 is 6.03 Å². The third kappa shape index (κ3) is 4.54. The van der Waals surface area contributed by atoms with Gasteiger partial charge in [0.15, 0.2) is 0 Å². The summed E-state index contributed by atoms with van der Waals surface area (Å²) in [6.45, 7) is 0.831. The largest absolute Gasteiger partial charge is 0.343 e. The summed E-state index contributed by atoms with van der Waals surface area (Å²) < 4.78 is 13.5. The number of alkyl halides is 1. The lowest BCUT2D eigenvalue weighted by molar-refractivity contribution is 0.219. The van der Waals surface area contributed by atoms with Gasteiger partial charge in [0.05, 0.1) is 0 Å². The number of hydrogen-bond donors (Lipinski definition) is 1. The summed E-state index contributed by atoms with van der Waals surface area (Å²) in [5.41, 5.74) is 1.21. The molecule has 1 aromatic rings. The lowest BCUT2D eigenvalue weighted by Gasteiger charge is -2.14. The second kappa shape index (κ2) is 7.93. The molecule has 6 heteroatoms. The molecule has 0 heterocycles. The van der Waals surface area contributed by atoms with Gasteiger partial charge in [-0.25, -0.2) is 9.79 Å². The minimum absolute atomic E-state index is 0.289. The molecule has 0 saturated heterocycles. The van der Waals surface area contributed by atoms with Gasteiger partial charge in [-0.05, 0) is 37.4 Å². The molecule has 1 atom stereocenters. The van der Waals surface area contributed by atoms with E-state index >= 15 is 0 Å². The molecule has 0 bridgehead atoms. The third-order valence-corrected chi connectivity index (χ3v) is 4.95. The number of rotatable bonds is 7. The molecule has 23 heavy (non-hydrogen) atoms. The predicted molar refractivity (Wildman–Crippen MR) is 94.3 cm³/mol. The quantitative estimate of drug-likeness (QED) is 0.778. The van der Waals surface area contributed by atoms with Gasteiger partial charge in [-0.1, -0.05) is 12.1 Å². The lowest BCUT2D eigenvalue weighted by Crippen LogP contribution is -2.31. The normalized spacial score (nSPS) is 21.5. The van der Waals surface area contributed by atoms with Gasteiger partial charge in [0.2, 0.25) is 0 Å². The van der Waals surface area contributed by atoms with Crippen molar-refractivity contribution in [3.05, 3.63) is 29.8 Å². The maximum Gasteiger partial charge on any atom is 0.343 e. The van der Waals surface area contributed by atoms with Crippen molar-refractivity contribution in [3.8, 4) is 0 Å². The Bertz CT molecular complexity index is 576. The standard InChI is InChI=1S/C17H24FN3OS/c1-19-8-9-21(2)16(22)20-15-11-17(15,12-18)10-13-4-6-14(23-3)7-5-13/h4-7,19H,8-12H2,1-3H3/b20-15+/t17-/m1/s1. The summed E-state index contributed by atoms with van der Waals surface area (Å²) in [6, 6.07) is 7.85. The minimum Gasteiger partial charge on any atom is -0.325 e. The Labute approximate surface area is 141 Å². The van der Waals surface area contributed by atoms with E-state index in [1.54, 1.807) is 23.7 Å². The highest BCUT2D eigenvalue weighted by Crippen LogP contribution is 2.46. The van der Waals surface area contributed by atoms with Crippen LogP contribution in [0.2, 0.25) is 0 Å². The molecule has 0 unspecified atom stereocenters. The average molecular weight is 337 g/mol. The molecule has 1 saturated carbocycles. The Morgan fingerprint density at radius 3 is 2.70 bits per heavy atom. The second-order valence-electron chi connectivity index (χ2n) is 5.98. The molecule has 1 N–H and O–H groups in total. The van der Waals surface area contributed by atoms with E-state index in [0.29, 0.717) is 31.6 Å². The molecule has 2 amide bonds. The molecule has 2 rings (SSSR count). The zero-order valence-electron chi connectivity index (χ0n) is 13.9. The maximum atomic E-state index is 13.5. The van der Waals surface area contributed by atoms with Gasteiger partial charge < -0.3 is 10.2 Å². The van der Waals surface area contributed by atoms with Crippen LogP contribution in [0.1, 0.15) is 12.0 Å². The number of hydrogen-bond acceptors (Lipinski definition) is 3. The molecule has 0 aromatic heterocycles. The summed E-state index contributed by atoms with van der Waals surface area (Å²) in [5.74, 6) is 0. The van der Waals surface area contributed by atoms with Crippen LogP contribution in [0.5, 0.6) is 0 Å². The van der Waals surface area contributed by atoms with E-state index in [0.717, 1.165) is 5.56 Å². The number of nitrogens with zero attached hydrogens (tertiary/aromatic N) is 2. The molecule has 4 nitrogen and oxygen atoms in total. The van der Waals surface area contributed by atoms with E-state index < -0.39 is 12.1 Å². The Morgan fingerprint density at radius 1 is 1.43 bits per heavy atom. The van der Waals surface area contributed by atoms with Crippen LogP contribution >= 0.6 is 11.8 Å². The van der Waals surface area contributed by atoms with E-state index in [1.165, 1.54) is 4.90 Å². The topological polar surface area (TPSA) is 44.7 Å². The van der Waals surface area contributed by atoms with E-state index in [9.17, 15) is 9.18 Å². The number of benzene rings is 1. The van der Waals surface area contributed by atoms with Crippen molar-refractivity contribution >= 4 is 23.5 Å². The number of likely N-dealkylation sites (N-methyl/N-ethyl adjacent to an activating group) is 2. The van der Waals surface area contributed by atoms with Gasteiger partial charge in [0.25, 0.3) is 0 Å². The molecule has 0 spiro atoms. The highest BCUT2D eigenvalue weighted by Gasteiger charge is 2.51. The van der Waals surface area contributed by atoms with Crippen LogP contribution in [0, 0.1) is 5.41 Å². The Kier molecular flexibility index (Phi) is 6.18. The van der Waals surface area contributed by atoms with Crippen LogP contribution in [0.15, 0.2) is 34.2 Å². The molecule has 1 aliphatic rings. The minimum atomic E-state index is -0.569. The van der Waals surface area contributed by atoms with Gasteiger partial charge in [0.1, 0.15) is 6.67 Å². The molecule has 1 fully saturated rings. The lowest BCUT2D eigenvalue weighted by atomic mass is 9.98. The van der Waals surface area contributed by atoms with Crippen molar-refractivity contribution in [2.45, 2.75) is 17.7 Å². The number of amides is 2. The zero-order chi connectivity index (χ0) is 16.9. The van der Waals surface area contributed by atoms with E-state index in [2.05, 4.69) is 10.3 Å². The second-order valence-corrected chi connectivity index (χ2v) is 6.86. The fourth-order valence-electron chi connectivity index (χ4n) is 2.48. The molecule has 1 aromatic carbocycles. The van der Waals surface area contributed by atoms with Crippen molar-refractivity contribution in [1.29, 1.82) is 0 Å². The Morgan fingerprint density at radius 2 is 2.13 bits per heavy atom. The highest BCUT2D eigenvalue weighted by atomic mass is 32.2. The van der Waals surface area contributed by atoms with Crippen LogP contribution in [-0.2, 0) is 6.42 Å². The van der Waals surface area contributed by atoms with Crippen molar-refractivity contribution < 1.29 is 9.18 Å². The molecule has 0 radical (unpaired) electrons. The number of carbonyl (C=O) groups excluding carboxylic acids is 1. The van der Waals surface area contributed by atoms with Crippen molar-refractivity contribution in [2.24, 2.45) is 10.4 Å². The van der Waals surface area contributed by atoms with Crippen molar-refractivity contribution in [3.63, 3.8) is 0 Å². The van der Waals surface area contributed by atoms with E-state index in [-0.39, 0.29) is 6.03 Å². The van der Waals surface area contributed by atoms with Crippen LogP contribution in [0.3, 0.4) is 0 Å². The average Bonchev–Trinajstić information content (AvgIpc) is 3.25. The van der Waals surface area contributed by atoms with Crippen LogP contribution in [0.25, 0.3) is 0 Å². The first-order valence-electron chi connectivity index (χ1n) is 7.71. The van der Waals surface area contributed by atoms with Gasteiger partial charge in [-0.3, -0.25) is 4.39 Å². The Hall–Kier alpha value is -1.40. The first-order chi connectivity index (χ1) is 11.0. The SMILES string of the molecule is CNCCN(C)C(=O)/N=C1\C[C@@]1(CF)Cc1ccc(SC)cc1. The van der Waals surface area contributed by atoms with Gasteiger partial charge in [-0.15, -0.1) is 11.8 Å². The maximum absolute atomic E-state index is 13.5. The van der Waals surface area contributed by atoms with E-state index in [4.69, 9.17) is 0 Å². The summed E-state index contributed by atoms with van der Waals surface area (Å²) in [5, 5.41) is 2.99. The number of thioether (sulfide) groups is 1. The van der Waals surface area contributed by atoms with Crippen molar-refractivity contribution in [2.75, 3.05) is 40.1 Å². The van der Waals surface area contributed by atoms with Crippen molar-refractivity contribution in [1.82, 2.24) is 10.2 Å². The zero-order valence-corrected chi connectivity index (χ0v) is 14.8. The molecular formula is C17H24FN3OS.